The van der Waals surface area contributed by atoms with Crippen molar-refractivity contribution in [2.24, 2.45) is 17.3 Å². The summed E-state index contributed by atoms with van der Waals surface area (Å²) in [6, 6.07) is 0. The minimum Gasteiger partial charge on any atom is -0.172 e. The molecular weight excluding hydrogens is 228 g/mol. The van der Waals surface area contributed by atoms with Crippen molar-refractivity contribution in [3.05, 3.63) is 0 Å². The molecule has 4 unspecified atom stereocenters. The van der Waals surface area contributed by atoms with E-state index in [1.807, 2.05) is 0 Å². The van der Waals surface area contributed by atoms with Gasteiger partial charge in [-0.25, -0.2) is 0 Å². The first kappa shape index (κ1) is 10.2. The normalized spacial score (nSPS) is 75.0. The lowest BCUT2D eigenvalue weighted by molar-refractivity contribution is -0.275. The molecule has 0 N–H and O–H groups in total. The Hall–Kier alpha value is 1.05. The molecule has 0 aromatic carbocycles. The zero-order valence-electron chi connectivity index (χ0n) is 8.91. The molecule has 3 saturated carbocycles. The van der Waals surface area contributed by atoms with E-state index in [2.05, 4.69) is 20.8 Å². The number of hydrogen-bond acceptors (Lipinski definition) is 3. The third kappa shape index (κ3) is 0.788. The van der Waals surface area contributed by atoms with Crippen molar-refractivity contribution in [3.8, 4) is 0 Å². The van der Waals surface area contributed by atoms with Gasteiger partial charge < -0.3 is 0 Å². The SMILES string of the molecule is CC1(S)CC23CC(C)(S)C2C(C)(S)C13. The van der Waals surface area contributed by atoms with Crippen molar-refractivity contribution in [3.63, 3.8) is 0 Å². The minimum absolute atomic E-state index is 0.156. The van der Waals surface area contributed by atoms with Gasteiger partial charge in [0.15, 0.2) is 0 Å². The maximum absolute atomic E-state index is 4.88. The van der Waals surface area contributed by atoms with Crippen LogP contribution in [-0.4, -0.2) is 14.2 Å². The van der Waals surface area contributed by atoms with E-state index in [9.17, 15) is 0 Å². The second kappa shape index (κ2) is 2.19. The van der Waals surface area contributed by atoms with Crippen molar-refractivity contribution < 1.29 is 0 Å². The van der Waals surface area contributed by atoms with Gasteiger partial charge in [-0.05, 0) is 30.1 Å². The lowest BCUT2D eigenvalue weighted by Crippen LogP contribution is -2.89. The molecule has 0 aliphatic heterocycles. The van der Waals surface area contributed by atoms with Gasteiger partial charge in [0.1, 0.15) is 0 Å². The largest absolute Gasteiger partial charge is 0.172 e. The topological polar surface area (TPSA) is 0 Å². The summed E-state index contributed by atoms with van der Waals surface area (Å²) in [7, 11) is 0. The Kier molecular flexibility index (Phi) is 1.60. The van der Waals surface area contributed by atoms with Crippen LogP contribution in [0.25, 0.3) is 0 Å². The molecular formula is C11H18S3. The smallest absolute Gasteiger partial charge is 0.0195 e. The average Bonchev–Trinajstić information content (AvgIpc) is 1.74. The first-order valence-electron chi connectivity index (χ1n) is 5.32. The Morgan fingerprint density at radius 1 is 0.857 bits per heavy atom. The summed E-state index contributed by atoms with van der Waals surface area (Å²) in [5, 5.41) is 0. The van der Waals surface area contributed by atoms with E-state index in [4.69, 9.17) is 37.9 Å². The fourth-order valence-corrected chi connectivity index (χ4v) is 8.57. The van der Waals surface area contributed by atoms with Gasteiger partial charge in [0, 0.05) is 14.2 Å². The van der Waals surface area contributed by atoms with E-state index < -0.39 is 0 Å². The van der Waals surface area contributed by atoms with E-state index in [-0.39, 0.29) is 14.2 Å². The summed E-state index contributed by atoms with van der Waals surface area (Å²) < 4.78 is 0.595. The molecule has 4 atom stereocenters. The fourth-order valence-electron chi connectivity index (χ4n) is 5.64. The van der Waals surface area contributed by atoms with E-state index in [1.54, 1.807) is 0 Å². The van der Waals surface area contributed by atoms with Crippen LogP contribution in [0, 0.1) is 17.3 Å². The lowest BCUT2D eigenvalue weighted by atomic mass is 9.23. The highest BCUT2D eigenvalue weighted by molar-refractivity contribution is 7.83. The van der Waals surface area contributed by atoms with Crippen LogP contribution >= 0.6 is 37.9 Å². The van der Waals surface area contributed by atoms with Gasteiger partial charge in [-0.3, -0.25) is 0 Å². The van der Waals surface area contributed by atoms with E-state index in [0.29, 0.717) is 17.3 Å². The van der Waals surface area contributed by atoms with Gasteiger partial charge in [-0.1, -0.05) is 20.8 Å². The van der Waals surface area contributed by atoms with E-state index in [1.165, 1.54) is 12.8 Å². The second-order valence-electron chi connectivity index (χ2n) is 6.39. The maximum atomic E-state index is 4.88. The molecule has 0 saturated heterocycles. The Labute approximate surface area is 103 Å². The summed E-state index contributed by atoms with van der Waals surface area (Å²) in [4.78, 5) is 0. The summed E-state index contributed by atoms with van der Waals surface area (Å²) in [5.74, 6) is 1.39. The van der Waals surface area contributed by atoms with Crippen LogP contribution in [0.2, 0.25) is 0 Å². The molecule has 0 bridgehead atoms. The van der Waals surface area contributed by atoms with Gasteiger partial charge in [0.2, 0.25) is 0 Å². The highest BCUT2D eigenvalue weighted by Gasteiger charge is 2.86. The van der Waals surface area contributed by atoms with Crippen molar-refractivity contribution in [1.29, 1.82) is 0 Å². The van der Waals surface area contributed by atoms with Crippen LogP contribution in [0.4, 0.5) is 0 Å². The average molecular weight is 246 g/mol. The highest BCUT2D eigenvalue weighted by atomic mass is 32.1. The summed E-state index contributed by atoms with van der Waals surface area (Å²) in [6.07, 6.45) is 2.54. The highest BCUT2D eigenvalue weighted by Crippen LogP contribution is 2.87. The van der Waals surface area contributed by atoms with Crippen LogP contribution in [0.3, 0.4) is 0 Å². The Balaban J connectivity index is 1.97. The molecule has 0 radical (unpaired) electrons. The minimum atomic E-state index is 0.156. The second-order valence-corrected chi connectivity index (χ2v) is 9.40. The predicted molar refractivity (Wildman–Crippen MR) is 70.8 cm³/mol. The van der Waals surface area contributed by atoms with Crippen LogP contribution in [0.1, 0.15) is 33.6 Å². The molecule has 0 aromatic rings. The van der Waals surface area contributed by atoms with Crippen LogP contribution in [0.5, 0.6) is 0 Å². The summed E-state index contributed by atoms with van der Waals surface area (Å²) in [5.41, 5.74) is 0.573. The van der Waals surface area contributed by atoms with Gasteiger partial charge in [0.05, 0.1) is 0 Å². The van der Waals surface area contributed by atoms with Gasteiger partial charge in [0.25, 0.3) is 0 Å². The van der Waals surface area contributed by atoms with Crippen molar-refractivity contribution in [2.75, 3.05) is 0 Å². The van der Waals surface area contributed by atoms with E-state index >= 15 is 0 Å². The molecule has 3 aliphatic carbocycles. The van der Waals surface area contributed by atoms with Gasteiger partial charge >= 0.3 is 0 Å². The monoisotopic (exact) mass is 246 g/mol. The van der Waals surface area contributed by atoms with Crippen LogP contribution in [0.15, 0.2) is 0 Å². The number of rotatable bonds is 0. The Morgan fingerprint density at radius 2 is 1.21 bits per heavy atom. The van der Waals surface area contributed by atoms with E-state index in [0.717, 1.165) is 0 Å². The third-order valence-corrected chi connectivity index (χ3v) is 6.29. The van der Waals surface area contributed by atoms with Gasteiger partial charge in [-0.2, -0.15) is 37.9 Å². The molecule has 0 heterocycles. The molecule has 3 rings (SSSR count). The molecule has 80 valence electrons. The number of thiol groups is 3. The van der Waals surface area contributed by atoms with Crippen LogP contribution in [-0.2, 0) is 0 Å². The maximum Gasteiger partial charge on any atom is 0.0195 e. The Morgan fingerprint density at radius 3 is 1.43 bits per heavy atom. The molecule has 14 heavy (non-hydrogen) atoms. The first-order valence-corrected chi connectivity index (χ1v) is 6.66. The molecule has 3 heteroatoms. The predicted octanol–water partition coefficient (Wildman–Crippen LogP) is 3.09. The van der Waals surface area contributed by atoms with Crippen molar-refractivity contribution in [1.82, 2.24) is 0 Å². The Bertz CT molecular complexity index is 280. The summed E-state index contributed by atoms with van der Waals surface area (Å²) in [6.45, 7) is 6.82. The zero-order valence-corrected chi connectivity index (χ0v) is 11.6. The number of hydrogen-bond donors (Lipinski definition) is 3. The lowest BCUT2D eigenvalue weighted by Gasteiger charge is -2.88. The van der Waals surface area contributed by atoms with Crippen LogP contribution < -0.4 is 0 Å². The van der Waals surface area contributed by atoms with Crippen molar-refractivity contribution in [2.45, 2.75) is 47.9 Å². The molecule has 3 fully saturated rings. The quantitative estimate of drug-likeness (QED) is 0.538. The molecule has 0 amide bonds. The zero-order chi connectivity index (χ0) is 10.6. The van der Waals surface area contributed by atoms with Gasteiger partial charge in [-0.15, -0.1) is 0 Å². The first-order chi connectivity index (χ1) is 6.15. The third-order valence-electron chi connectivity index (χ3n) is 4.94. The van der Waals surface area contributed by atoms with Crippen molar-refractivity contribution >= 4 is 37.9 Å². The molecule has 0 aromatic heterocycles. The molecule has 3 aliphatic rings. The molecule has 0 nitrogen and oxygen atoms in total. The molecule has 1 spiro atoms. The summed E-state index contributed by atoms with van der Waals surface area (Å²) >= 11 is 14.4. The fraction of sp³-hybridized carbons (Fsp3) is 1.00. The standard InChI is InChI=1S/C11H18S3/c1-8(12)4-11-5-9(2,13)7(11)10(3,14)6(8)11/h6-7,12-14H,4-5H2,1-3H3.